The molecule has 1 saturated carbocycles. The Morgan fingerprint density at radius 2 is 2.05 bits per heavy atom. The lowest BCUT2D eigenvalue weighted by Crippen LogP contribution is -2.38. The van der Waals surface area contributed by atoms with Crippen LogP contribution in [-0.2, 0) is 4.79 Å². The molecule has 108 valence electrons. The summed E-state index contributed by atoms with van der Waals surface area (Å²) in [6, 6.07) is 4.14. The van der Waals surface area contributed by atoms with Crippen LogP contribution in [0.2, 0.25) is 0 Å². The molecule has 20 heavy (non-hydrogen) atoms. The van der Waals surface area contributed by atoms with Crippen molar-refractivity contribution < 1.29 is 23.0 Å². The zero-order valence-electron chi connectivity index (χ0n) is 10.8. The Balaban J connectivity index is 1.65. The third-order valence-corrected chi connectivity index (χ3v) is 3.10. The van der Waals surface area contributed by atoms with Crippen molar-refractivity contribution in [3.8, 4) is 11.5 Å². The molecule has 1 aliphatic heterocycles. The van der Waals surface area contributed by atoms with E-state index < -0.39 is 12.3 Å². The lowest BCUT2D eigenvalue weighted by molar-refractivity contribution is -0.286. The van der Waals surface area contributed by atoms with E-state index in [9.17, 15) is 13.6 Å². The predicted molar refractivity (Wildman–Crippen MR) is 66.9 cm³/mol. The van der Waals surface area contributed by atoms with E-state index in [2.05, 4.69) is 20.1 Å². The second-order valence-corrected chi connectivity index (χ2v) is 4.98. The number of rotatable bonds is 4. The van der Waals surface area contributed by atoms with Crippen molar-refractivity contribution in [3.63, 3.8) is 0 Å². The van der Waals surface area contributed by atoms with Gasteiger partial charge in [-0.2, -0.15) is 0 Å². The normalized spacial score (nSPS) is 20.4. The summed E-state index contributed by atoms with van der Waals surface area (Å²) in [6.45, 7) is 1.71. The molecular weight excluding hydrogens is 270 g/mol. The number of hydrogen-bond donors (Lipinski definition) is 2. The summed E-state index contributed by atoms with van der Waals surface area (Å²) in [6.07, 6.45) is -1.61. The van der Waals surface area contributed by atoms with Crippen LogP contribution in [0, 0.1) is 0 Å². The summed E-state index contributed by atoms with van der Waals surface area (Å²) in [5, 5.41) is 5.80. The maximum Gasteiger partial charge on any atom is 0.586 e. The smallest absolute Gasteiger partial charge is 0.395 e. The van der Waals surface area contributed by atoms with E-state index >= 15 is 0 Å². The molecule has 1 aromatic carbocycles. The first-order chi connectivity index (χ1) is 9.43. The van der Waals surface area contributed by atoms with E-state index in [1.165, 1.54) is 12.1 Å². The molecule has 0 aromatic heterocycles. The Morgan fingerprint density at radius 3 is 2.75 bits per heavy atom. The van der Waals surface area contributed by atoms with Crippen molar-refractivity contribution in [1.82, 2.24) is 5.32 Å². The van der Waals surface area contributed by atoms with Gasteiger partial charge in [0.15, 0.2) is 11.5 Å². The van der Waals surface area contributed by atoms with E-state index in [-0.39, 0.29) is 23.4 Å². The summed E-state index contributed by atoms with van der Waals surface area (Å²) >= 11 is 0. The van der Waals surface area contributed by atoms with Gasteiger partial charge in [-0.3, -0.25) is 4.79 Å². The number of hydrogen-bond acceptors (Lipinski definition) is 4. The van der Waals surface area contributed by atoms with Crippen LogP contribution in [0.1, 0.15) is 19.8 Å². The van der Waals surface area contributed by atoms with Crippen molar-refractivity contribution in [1.29, 1.82) is 0 Å². The molecule has 1 atom stereocenters. The first-order valence-corrected chi connectivity index (χ1v) is 6.40. The average molecular weight is 284 g/mol. The third-order valence-electron chi connectivity index (χ3n) is 3.10. The first kappa shape index (κ1) is 13.0. The highest BCUT2D eigenvalue weighted by atomic mass is 19.3. The lowest BCUT2D eigenvalue weighted by Gasteiger charge is -2.15. The number of amides is 1. The average Bonchev–Trinajstić information content (AvgIpc) is 3.10. The van der Waals surface area contributed by atoms with E-state index in [1.54, 1.807) is 13.0 Å². The minimum absolute atomic E-state index is 0.0179. The van der Waals surface area contributed by atoms with Crippen LogP contribution in [-0.4, -0.2) is 24.3 Å². The van der Waals surface area contributed by atoms with Crippen LogP contribution in [0.25, 0.3) is 0 Å². The fourth-order valence-electron chi connectivity index (χ4n) is 1.91. The van der Waals surface area contributed by atoms with Gasteiger partial charge >= 0.3 is 6.29 Å². The summed E-state index contributed by atoms with van der Waals surface area (Å²) in [4.78, 5) is 11.8. The third kappa shape index (κ3) is 2.76. The maximum absolute atomic E-state index is 12.9. The minimum atomic E-state index is -3.63. The monoisotopic (exact) mass is 284 g/mol. The summed E-state index contributed by atoms with van der Waals surface area (Å²) < 4.78 is 34.4. The summed E-state index contributed by atoms with van der Waals surface area (Å²) in [5.41, 5.74) is 0.517. The largest absolute Gasteiger partial charge is 0.586 e. The van der Waals surface area contributed by atoms with Crippen LogP contribution < -0.4 is 20.1 Å². The van der Waals surface area contributed by atoms with E-state index in [1.807, 2.05) is 0 Å². The molecule has 5 nitrogen and oxygen atoms in total. The van der Waals surface area contributed by atoms with Crippen LogP contribution in [0.4, 0.5) is 14.5 Å². The first-order valence-electron chi connectivity index (χ1n) is 6.40. The van der Waals surface area contributed by atoms with Gasteiger partial charge < -0.3 is 20.1 Å². The standard InChI is InChI=1S/C13H14F2N2O3/c1-7(12(18)17-8-2-3-8)16-9-4-5-10-11(6-9)20-13(14,15)19-10/h4-8,16H,2-3H2,1H3,(H,17,18). The minimum Gasteiger partial charge on any atom is -0.395 e. The molecule has 2 aliphatic rings. The van der Waals surface area contributed by atoms with Crippen molar-refractivity contribution in [2.75, 3.05) is 5.32 Å². The molecular formula is C13H14F2N2O3. The molecule has 0 saturated heterocycles. The quantitative estimate of drug-likeness (QED) is 0.889. The number of alkyl halides is 2. The molecule has 0 bridgehead atoms. The maximum atomic E-state index is 12.9. The fourth-order valence-corrected chi connectivity index (χ4v) is 1.91. The van der Waals surface area contributed by atoms with Crippen molar-refractivity contribution in [2.45, 2.75) is 38.1 Å². The zero-order chi connectivity index (χ0) is 14.3. The number of nitrogens with one attached hydrogen (secondary N) is 2. The predicted octanol–water partition coefficient (Wildman–Crippen LogP) is 2.09. The highest BCUT2D eigenvalue weighted by Gasteiger charge is 2.43. The van der Waals surface area contributed by atoms with Crippen LogP contribution in [0.5, 0.6) is 11.5 Å². The molecule has 1 aromatic rings. The number of benzene rings is 1. The van der Waals surface area contributed by atoms with Crippen molar-refractivity contribution >= 4 is 11.6 Å². The lowest BCUT2D eigenvalue weighted by atomic mass is 10.2. The van der Waals surface area contributed by atoms with Gasteiger partial charge in [0.25, 0.3) is 0 Å². The fraction of sp³-hybridized carbons (Fsp3) is 0.462. The van der Waals surface area contributed by atoms with Gasteiger partial charge in [0.1, 0.15) is 6.04 Å². The highest BCUT2D eigenvalue weighted by Crippen LogP contribution is 2.42. The SMILES string of the molecule is CC(Nc1ccc2c(c1)OC(F)(F)O2)C(=O)NC1CC1. The van der Waals surface area contributed by atoms with Crippen molar-refractivity contribution in [2.24, 2.45) is 0 Å². The molecule has 2 N–H and O–H groups in total. The second-order valence-electron chi connectivity index (χ2n) is 4.98. The van der Waals surface area contributed by atoms with Gasteiger partial charge in [0.05, 0.1) is 0 Å². The summed E-state index contributed by atoms with van der Waals surface area (Å²) in [5.74, 6) is -0.180. The van der Waals surface area contributed by atoms with Gasteiger partial charge in [0.2, 0.25) is 5.91 Å². The Morgan fingerprint density at radius 1 is 1.35 bits per heavy atom. The van der Waals surface area contributed by atoms with Gasteiger partial charge in [-0.1, -0.05) is 0 Å². The van der Waals surface area contributed by atoms with E-state index in [0.717, 1.165) is 12.8 Å². The Hall–Kier alpha value is -2.05. The summed E-state index contributed by atoms with van der Waals surface area (Å²) in [7, 11) is 0. The van der Waals surface area contributed by atoms with Crippen LogP contribution in [0.3, 0.4) is 0 Å². The molecule has 1 fully saturated rings. The molecule has 3 rings (SSSR count). The number of carbonyl (C=O) groups is 1. The number of carbonyl (C=O) groups excluding carboxylic acids is 1. The van der Waals surface area contributed by atoms with Gasteiger partial charge in [-0.05, 0) is 31.9 Å². The van der Waals surface area contributed by atoms with Gasteiger partial charge in [-0.15, -0.1) is 8.78 Å². The second kappa shape index (κ2) is 4.50. The molecule has 1 amide bonds. The van der Waals surface area contributed by atoms with E-state index in [4.69, 9.17) is 0 Å². The van der Waals surface area contributed by atoms with Gasteiger partial charge in [-0.25, -0.2) is 0 Å². The Kier molecular flexibility index (Phi) is 2.92. The topological polar surface area (TPSA) is 59.6 Å². The molecule has 0 spiro atoms. The Bertz CT molecular complexity index is 546. The highest BCUT2D eigenvalue weighted by molar-refractivity contribution is 5.84. The zero-order valence-corrected chi connectivity index (χ0v) is 10.8. The van der Waals surface area contributed by atoms with Gasteiger partial charge in [0, 0.05) is 17.8 Å². The molecule has 0 radical (unpaired) electrons. The van der Waals surface area contributed by atoms with Crippen molar-refractivity contribution in [3.05, 3.63) is 18.2 Å². The van der Waals surface area contributed by atoms with Crippen LogP contribution in [0.15, 0.2) is 18.2 Å². The molecule has 1 unspecified atom stereocenters. The Labute approximate surface area is 114 Å². The molecule has 7 heteroatoms. The number of halogens is 2. The van der Waals surface area contributed by atoms with Crippen LogP contribution >= 0.6 is 0 Å². The number of ether oxygens (including phenoxy) is 2. The number of fused-ring (bicyclic) bond motifs is 1. The number of anilines is 1. The molecule has 1 heterocycles. The van der Waals surface area contributed by atoms with E-state index in [0.29, 0.717) is 5.69 Å². The molecule has 1 aliphatic carbocycles.